The molecule has 0 aliphatic carbocycles. The number of nitriles is 1. The maximum absolute atomic E-state index is 13.2. The average Bonchev–Trinajstić information content (AvgIpc) is 3.70. The molecule has 0 atom stereocenters. The molecule has 0 amide bonds. The van der Waals surface area contributed by atoms with Gasteiger partial charge in [0.1, 0.15) is 6.07 Å². The first kappa shape index (κ1) is 22.6. The fourth-order valence-electron chi connectivity index (χ4n) is 5.01. The largest absolute Gasteiger partial charge is 0.497 e. The average molecular weight is 842 g/mol. The molecule has 0 bridgehead atoms. The van der Waals surface area contributed by atoms with Gasteiger partial charge in [0.05, 0.1) is 6.95 Å². The summed E-state index contributed by atoms with van der Waals surface area (Å²) >= 11 is 0. The van der Waals surface area contributed by atoms with Crippen LogP contribution < -0.4 is 0 Å². The molecule has 249 valence electrons. The monoisotopic (exact) mass is 842 g/mol. The maximum Gasteiger partial charge on any atom is 0.210 e. The summed E-state index contributed by atoms with van der Waals surface area (Å²) in [4.78, 5) is 8.26. The van der Waals surface area contributed by atoms with Crippen molar-refractivity contribution in [2.45, 2.75) is 47.7 Å². The molecule has 4 aromatic heterocycles. The molecular formula is C41H33F2IrN3O2-2. The third kappa shape index (κ3) is 7.39. The first-order chi connectivity index (χ1) is 27.8. The van der Waals surface area contributed by atoms with Gasteiger partial charge in [0.15, 0.2) is 11.2 Å². The summed E-state index contributed by atoms with van der Waals surface area (Å²) < 4.78 is 137. The summed E-state index contributed by atoms with van der Waals surface area (Å²) in [6, 6.07) is 20.5. The molecule has 4 heterocycles. The molecule has 5 nitrogen and oxygen atoms in total. The van der Waals surface area contributed by atoms with E-state index in [1.165, 1.54) is 24.3 Å². The van der Waals surface area contributed by atoms with E-state index in [-0.39, 0.29) is 81.3 Å². The van der Waals surface area contributed by atoms with E-state index < -0.39 is 66.9 Å². The van der Waals surface area contributed by atoms with E-state index in [4.69, 9.17) is 25.3 Å². The molecule has 8 heteroatoms. The zero-order valence-corrected chi connectivity index (χ0v) is 28.6. The van der Waals surface area contributed by atoms with Gasteiger partial charge in [-0.2, -0.15) is 5.26 Å². The van der Waals surface area contributed by atoms with Crippen LogP contribution in [0.5, 0.6) is 0 Å². The van der Waals surface area contributed by atoms with E-state index in [1.807, 2.05) is 0 Å². The Morgan fingerprint density at radius 2 is 1.76 bits per heavy atom. The standard InChI is InChI=1S/C30H27N2O2.C11H6F2N.Ir/c1-17-12-20(14-30(4,5)6)10-11-21(17)24-13-25(32-16-18(24)2)22-8-7-9-23-28(22)34-27-19(3)26(15-31)33-29(23)27;12-8-4-5-9(10(13)7-8)11-3-1-2-6-14-11;/h7,9-13,16H,14H2,1-6H3;1-4,6-7H;/q2*-1;/i1D3,2D3,3D3,11D,14D2;;. The van der Waals surface area contributed by atoms with Crippen molar-refractivity contribution in [1.82, 2.24) is 9.97 Å². The molecule has 0 aliphatic heterocycles. The van der Waals surface area contributed by atoms with Gasteiger partial charge < -0.3 is 18.8 Å². The van der Waals surface area contributed by atoms with Crippen LogP contribution in [-0.2, 0) is 26.5 Å². The Labute approximate surface area is 314 Å². The number of halogens is 2. The Kier molecular flexibility index (Phi) is 6.59. The van der Waals surface area contributed by atoms with Gasteiger partial charge in [0.2, 0.25) is 5.76 Å². The molecule has 0 saturated carbocycles. The Morgan fingerprint density at radius 1 is 0.918 bits per heavy atom. The van der Waals surface area contributed by atoms with Gasteiger partial charge in [-0.05, 0) is 83.0 Å². The van der Waals surface area contributed by atoms with E-state index in [2.05, 4.69) is 22.1 Å². The molecule has 49 heavy (non-hydrogen) atoms. The number of furan rings is 2. The number of aromatic nitrogens is 2. The van der Waals surface area contributed by atoms with E-state index >= 15 is 0 Å². The quantitative estimate of drug-likeness (QED) is 0.165. The van der Waals surface area contributed by atoms with Gasteiger partial charge in [0, 0.05) is 64.8 Å². The zero-order chi connectivity index (χ0) is 44.3. The van der Waals surface area contributed by atoms with Crippen LogP contribution in [0.15, 0.2) is 87.9 Å². The summed E-state index contributed by atoms with van der Waals surface area (Å²) in [6.45, 7) is -3.47. The molecule has 0 fully saturated rings. The Hall–Kier alpha value is -4.96. The van der Waals surface area contributed by atoms with E-state index in [9.17, 15) is 14.0 Å². The maximum atomic E-state index is 13.2. The third-order valence-corrected chi connectivity index (χ3v) is 7.03. The van der Waals surface area contributed by atoms with Crippen molar-refractivity contribution in [3.63, 3.8) is 0 Å². The van der Waals surface area contributed by atoms with Crippen molar-refractivity contribution >= 4 is 22.1 Å². The molecule has 0 N–H and O–H groups in total. The molecule has 0 spiro atoms. The summed E-state index contributed by atoms with van der Waals surface area (Å²) in [7, 11) is 0. The number of hydrogen-bond acceptors (Lipinski definition) is 5. The summed E-state index contributed by atoms with van der Waals surface area (Å²) in [5, 5.41) is 9.75. The molecule has 3 aromatic carbocycles. The SMILES string of the molecule is Fc1c[c-]c(-c2ccccn2)c(F)c1.[2H]c1cc(C([2H])([2H])C(C)(C)C)cc(C([2H])([2H])[2H])c1-c1cc(-c2[c-]ccc3c2oc2c(C([2H])([2H])[2H])c(C#N)oc23)ncc1C([2H])([2H])[2H].[Ir]. The first-order valence-electron chi connectivity index (χ1n) is 20.5. The van der Waals surface area contributed by atoms with E-state index in [0.717, 1.165) is 24.4 Å². The molecule has 7 aromatic rings. The van der Waals surface area contributed by atoms with Crippen molar-refractivity contribution in [1.29, 1.82) is 5.26 Å². The van der Waals surface area contributed by atoms with Crippen molar-refractivity contribution in [3.8, 4) is 39.7 Å². The van der Waals surface area contributed by atoms with Crippen LogP contribution >= 0.6 is 0 Å². The second kappa shape index (κ2) is 14.3. The zero-order valence-electron chi connectivity index (χ0n) is 38.2. The van der Waals surface area contributed by atoms with Gasteiger partial charge in [-0.3, -0.25) is 8.78 Å². The van der Waals surface area contributed by atoms with Gasteiger partial charge in [-0.15, -0.1) is 30.3 Å². The minimum absolute atomic E-state index is 0. The number of rotatable bonds is 4. The van der Waals surface area contributed by atoms with E-state index in [0.29, 0.717) is 5.69 Å². The summed E-state index contributed by atoms with van der Waals surface area (Å²) in [5.41, 5.74) is -1.78. The second-order valence-corrected chi connectivity index (χ2v) is 11.7. The summed E-state index contributed by atoms with van der Waals surface area (Å²) in [5.74, 6) is -1.71. The fourth-order valence-corrected chi connectivity index (χ4v) is 5.01. The van der Waals surface area contributed by atoms with Gasteiger partial charge >= 0.3 is 0 Å². The molecule has 0 aliphatic rings. The topological polar surface area (TPSA) is 75.8 Å². The van der Waals surface area contributed by atoms with Crippen LogP contribution in [0.25, 0.3) is 55.8 Å². The van der Waals surface area contributed by atoms with E-state index in [1.54, 1.807) is 51.2 Å². The van der Waals surface area contributed by atoms with Crippen molar-refractivity contribution in [3.05, 3.63) is 131 Å². The molecule has 0 saturated heterocycles. The molecule has 1 radical (unpaired) electrons. The van der Waals surface area contributed by atoms with Crippen LogP contribution in [0.3, 0.4) is 0 Å². The number of aryl methyl sites for hydroxylation is 3. The number of nitrogens with zero attached hydrogens (tertiary/aromatic N) is 3. The summed E-state index contributed by atoms with van der Waals surface area (Å²) in [6.07, 6.45) is 0.549. The molecule has 7 rings (SSSR count). The Bertz CT molecular complexity index is 2800. The predicted molar refractivity (Wildman–Crippen MR) is 184 cm³/mol. The predicted octanol–water partition coefficient (Wildman–Crippen LogP) is 10.9. The normalized spacial score (nSPS) is 15.8. The minimum Gasteiger partial charge on any atom is -0.497 e. The van der Waals surface area contributed by atoms with Gasteiger partial charge in [-0.1, -0.05) is 74.3 Å². The van der Waals surface area contributed by atoms with Crippen LogP contribution in [-0.4, -0.2) is 9.97 Å². The smallest absolute Gasteiger partial charge is 0.210 e. The third-order valence-electron chi connectivity index (χ3n) is 7.03. The van der Waals surface area contributed by atoms with Crippen LogP contribution in [0.4, 0.5) is 8.78 Å². The Morgan fingerprint density at radius 3 is 2.45 bits per heavy atom. The van der Waals surface area contributed by atoms with Crippen LogP contribution in [0.2, 0.25) is 0 Å². The second-order valence-electron chi connectivity index (χ2n) is 11.7. The molecule has 0 unspecified atom stereocenters. The van der Waals surface area contributed by atoms with Crippen LogP contribution in [0, 0.1) is 61.1 Å². The molecular weight excluding hydrogens is 797 g/mol. The van der Waals surface area contributed by atoms with Crippen molar-refractivity contribution < 1.29 is 54.2 Å². The number of pyridine rings is 2. The van der Waals surface area contributed by atoms with Crippen LogP contribution in [0.1, 0.15) is 65.2 Å². The number of fused-ring (bicyclic) bond motifs is 3. The fraction of sp³-hybridized carbons (Fsp3) is 0.195. The van der Waals surface area contributed by atoms with Gasteiger partial charge in [-0.25, -0.2) is 0 Å². The van der Waals surface area contributed by atoms with Crippen molar-refractivity contribution in [2.75, 3.05) is 0 Å². The van der Waals surface area contributed by atoms with Crippen molar-refractivity contribution in [2.24, 2.45) is 5.41 Å². The number of hydrogen-bond donors (Lipinski definition) is 0. The Balaban J connectivity index is 0.000000396. The van der Waals surface area contributed by atoms with Gasteiger partial charge in [0.25, 0.3) is 0 Å². The minimum atomic E-state index is -2.87. The first-order valence-corrected chi connectivity index (χ1v) is 14.5. The number of benzene rings is 3.